The summed E-state index contributed by atoms with van der Waals surface area (Å²) in [6.07, 6.45) is 7.15. The van der Waals surface area contributed by atoms with Gasteiger partial charge in [-0.15, -0.1) is 0 Å². The molecule has 4 aliphatic heterocycles. The molecule has 0 unspecified atom stereocenters. The summed E-state index contributed by atoms with van der Waals surface area (Å²) in [5.41, 5.74) is 8.65. The van der Waals surface area contributed by atoms with Gasteiger partial charge in [-0.3, -0.25) is 9.59 Å². The Hall–Kier alpha value is -3.64. The van der Waals surface area contributed by atoms with Crippen LogP contribution in [-0.2, 0) is 16.6 Å². The second-order valence-electron chi connectivity index (χ2n) is 12.7. The lowest BCUT2D eigenvalue weighted by Gasteiger charge is -2.38. The molecule has 4 heterocycles. The van der Waals surface area contributed by atoms with Crippen molar-refractivity contribution in [3.63, 3.8) is 0 Å². The number of piperidine rings is 1. The summed E-state index contributed by atoms with van der Waals surface area (Å²) >= 11 is 0. The molecule has 6 nitrogen and oxygen atoms in total. The number of carbonyl (C=O) groups excluding carboxylic acids is 2. The quantitative estimate of drug-likeness (QED) is 0.343. The number of hydrogen-bond donors (Lipinski definition) is 0. The maximum atomic E-state index is 13.8. The second-order valence-corrected chi connectivity index (χ2v) is 12.7. The standard InChI is InChI=1S/C36H41N3O3/c1-3-4-16-37-19-14-36(15-20-37)24-42-33-22-28-13-18-39(32(28)23-31(33)36)35(41)27-9-7-26(8-10-27)30-12-11-29(21-25(30)2)38-17-5-6-34(38)40/h7-12,21-23H,3-6,13-20,24H2,1-2H3. The molecular weight excluding hydrogens is 522 g/mol. The van der Waals surface area contributed by atoms with Crippen LogP contribution in [0.3, 0.4) is 0 Å². The van der Waals surface area contributed by atoms with Crippen LogP contribution in [0.4, 0.5) is 11.4 Å². The largest absolute Gasteiger partial charge is 0.492 e. The molecule has 0 bridgehead atoms. The predicted octanol–water partition coefficient (Wildman–Crippen LogP) is 6.52. The molecule has 42 heavy (non-hydrogen) atoms. The molecule has 0 aromatic heterocycles. The predicted molar refractivity (Wildman–Crippen MR) is 168 cm³/mol. The van der Waals surface area contributed by atoms with Crippen molar-refractivity contribution in [1.29, 1.82) is 0 Å². The van der Waals surface area contributed by atoms with Crippen LogP contribution in [0.1, 0.15) is 72.5 Å². The third-order valence-electron chi connectivity index (χ3n) is 10.1. The lowest BCUT2D eigenvalue weighted by atomic mass is 9.74. The molecule has 0 N–H and O–H groups in total. The number of benzene rings is 3. The first-order valence-corrected chi connectivity index (χ1v) is 15.8. The number of rotatable bonds is 6. The van der Waals surface area contributed by atoms with Gasteiger partial charge < -0.3 is 19.4 Å². The molecule has 0 atom stereocenters. The molecule has 2 amide bonds. The Bertz CT molecular complexity index is 1520. The van der Waals surface area contributed by atoms with Crippen molar-refractivity contribution < 1.29 is 14.3 Å². The molecule has 3 aromatic carbocycles. The summed E-state index contributed by atoms with van der Waals surface area (Å²) in [5, 5.41) is 0. The summed E-state index contributed by atoms with van der Waals surface area (Å²) in [5.74, 6) is 1.29. The molecule has 2 fully saturated rings. The van der Waals surface area contributed by atoms with E-state index in [2.05, 4.69) is 43.0 Å². The Kier molecular flexibility index (Phi) is 7.05. The Morgan fingerprint density at radius 3 is 2.48 bits per heavy atom. The monoisotopic (exact) mass is 563 g/mol. The minimum absolute atomic E-state index is 0.0576. The van der Waals surface area contributed by atoms with Gasteiger partial charge in [-0.1, -0.05) is 31.5 Å². The molecule has 6 heteroatoms. The highest BCUT2D eigenvalue weighted by atomic mass is 16.5. The molecule has 0 radical (unpaired) electrons. The van der Waals surface area contributed by atoms with Gasteiger partial charge in [0.2, 0.25) is 5.91 Å². The van der Waals surface area contributed by atoms with Crippen LogP contribution in [0, 0.1) is 6.92 Å². The Morgan fingerprint density at radius 2 is 1.76 bits per heavy atom. The van der Waals surface area contributed by atoms with E-state index in [4.69, 9.17) is 4.74 Å². The van der Waals surface area contributed by atoms with Crippen molar-refractivity contribution in [3.8, 4) is 16.9 Å². The number of aryl methyl sites for hydroxylation is 1. The van der Waals surface area contributed by atoms with E-state index in [-0.39, 0.29) is 17.2 Å². The minimum atomic E-state index is 0.0576. The number of anilines is 2. The smallest absolute Gasteiger partial charge is 0.258 e. The van der Waals surface area contributed by atoms with E-state index in [0.29, 0.717) is 18.5 Å². The molecule has 0 saturated carbocycles. The summed E-state index contributed by atoms with van der Waals surface area (Å²) in [6.45, 7) is 10.0. The zero-order chi connectivity index (χ0) is 28.8. The highest BCUT2D eigenvalue weighted by Gasteiger charge is 2.44. The van der Waals surface area contributed by atoms with E-state index in [1.807, 2.05) is 40.1 Å². The number of ether oxygens (including phenoxy) is 1. The Morgan fingerprint density at radius 1 is 0.952 bits per heavy atom. The SMILES string of the molecule is CCCCN1CCC2(CC1)COc1cc3c(cc12)N(C(=O)c1ccc(-c2ccc(N4CCCC4=O)cc2C)cc1)CC3. The van der Waals surface area contributed by atoms with Crippen LogP contribution in [-0.4, -0.2) is 56.0 Å². The van der Waals surface area contributed by atoms with Gasteiger partial charge in [0.05, 0.1) is 6.61 Å². The van der Waals surface area contributed by atoms with Gasteiger partial charge in [0.1, 0.15) is 5.75 Å². The molecule has 7 rings (SSSR count). The Labute approximate surface area is 249 Å². The van der Waals surface area contributed by atoms with Crippen molar-refractivity contribution in [2.45, 2.75) is 64.2 Å². The molecule has 218 valence electrons. The lowest BCUT2D eigenvalue weighted by Crippen LogP contribution is -2.43. The number of nitrogens with zero attached hydrogens (tertiary/aromatic N) is 3. The summed E-state index contributed by atoms with van der Waals surface area (Å²) in [4.78, 5) is 32.5. The molecular formula is C36H41N3O3. The number of amides is 2. The van der Waals surface area contributed by atoms with Crippen molar-refractivity contribution in [2.75, 3.05) is 49.1 Å². The van der Waals surface area contributed by atoms with Crippen LogP contribution in [0.15, 0.2) is 54.6 Å². The molecule has 3 aromatic rings. The number of hydrogen-bond acceptors (Lipinski definition) is 4. The first-order valence-electron chi connectivity index (χ1n) is 15.8. The molecule has 4 aliphatic rings. The second kappa shape index (κ2) is 10.9. The number of fused-ring (bicyclic) bond motifs is 3. The molecule has 0 aliphatic carbocycles. The van der Waals surface area contributed by atoms with Gasteiger partial charge in [0.15, 0.2) is 0 Å². The van der Waals surface area contributed by atoms with Crippen LogP contribution in [0.5, 0.6) is 5.75 Å². The van der Waals surface area contributed by atoms with Crippen LogP contribution in [0.2, 0.25) is 0 Å². The van der Waals surface area contributed by atoms with Gasteiger partial charge in [0.25, 0.3) is 5.91 Å². The fourth-order valence-electron chi connectivity index (χ4n) is 7.46. The van der Waals surface area contributed by atoms with E-state index in [1.54, 1.807) is 0 Å². The third kappa shape index (κ3) is 4.70. The zero-order valence-electron chi connectivity index (χ0n) is 25.0. The number of likely N-dealkylation sites (tertiary alicyclic amines) is 1. The zero-order valence-corrected chi connectivity index (χ0v) is 25.0. The van der Waals surface area contributed by atoms with Gasteiger partial charge in [-0.2, -0.15) is 0 Å². The third-order valence-corrected chi connectivity index (χ3v) is 10.1. The summed E-state index contributed by atoms with van der Waals surface area (Å²) in [7, 11) is 0. The van der Waals surface area contributed by atoms with E-state index < -0.39 is 0 Å². The fraction of sp³-hybridized carbons (Fsp3) is 0.444. The van der Waals surface area contributed by atoms with Crippen LogP contribution >= 0.6 is 0 Å². The fourth-order valence-corrected chi connectivity index (χ4v) is 7.46. The first-order chi connectivity index (χ1) is 20.5. The van der Waals surface area contributed by atoms with Gasteiger partial charge in [-0.05, 0) is 117 Å². The van der Waals surface area contributed by atoms with E-state index >= 15 is 0 Å². The number of unbranched alkanes of at least 4 members (excludes halogenated alkanes) is 1. The average molecular weight is 564 g/mol. The summed E-state index contributed by atoms with van der Waals surface area (Å²) in [6, 6.07) is 18.7. The van der Waals surface area contributed by atoms with Crippen LogP contribution < -0.4 is 14.5 Å². The Balaban J connectivity index is 1.09. The maximum Gasteiger partial charge on any atom is 0.258 e. The van der Waals surface area contributed by atoms with Gasteiger partial charge in [-0.25, -0.2) is 0 Å². The normalized spacial score (nSPS) is 19.3. The summed E-state index contributed by atoms with van der Waals surface area (Å²) < 4.78 is 6.28. The van der Waals surface area contributed by atoms with Gasteiger partial charge in [0, 0.05) is 47.4 Å². The topological polar surface area (TPSA) is 53.1 Å². The van der Waals surface area contributed by atoms with E-state index in [9.17, 15) is 9.59 Å². The van der Waals surface area contributed by atoms with E-state index in [1.165, 1.54) is 30.5 Å². The van der Waals surface area contributed by atoms with Crippen molar-refractivity contribution in [2.24, 2.45) is 0 Å². The van der Waals surface area contributed by atoms with Crippen molar-refractivity contribution in [3.05, 3.63) is 76.9 Å². The molecule has 1 spiro atoms. The highest BCUT2D eigenvalue weighted by Crippen LogP contribution is 2.49. The lowest BCUT2D eigenvalue weighted by molar-refractivity contribution is -0.117. The first kappa shape index (κ1) is 27.2. The van der Waals surface area contributed by atoms with Crippen molar-refractivity contribution in [1.82, 2.24) is 4.90 Å². The van der Waals surface area contributed by atoms with Crippen molar-refractivity contribution >= 4 is 23.2 Å². The average Bonchev–Trinajstić information content (AvgIpc) is 3.73. The van der Waals surface area contributed by atoms with Crippen LogP contribution in [0.25, 0.3) is 11.1 Å². The highest BCUT2D eigenvalue weighted by molar-refractivity contribution is 6.07. The van der Waals surface area contributed by atoms with Gasteiger partial charge >= 0.3 is 0 Å². The number of carbonyl (C=O) groups is 2. The minimum Gasteiger partial charge on any atom is -0.492 e. The van der Waals surface area contributed by atoms with E-state index in [0.717, 1.165) is 85.7 Å². The maximum absolute atomic E-state index is 13.8. The molecule has 2 saturated heterocycles.